The van der Waals surface area contributed by atoms with Crippen molar-refractivity contribution in [3.8, 4) is 5.75 Å². The van der Waals surface area contributed by atoms with Gasteiger partial charge in [-0.25, -0.2) is 0 Å². The number of hydrogen-bond acceptors (Lipinski definition) is 4. The molecule has 5 heteroatoms. The van der Waals surface area contributed by atoms with Gasteiger partial charge < -0.3 is 14.6 Å². The number of halogens is 1. The topological polar surface area (TPSA) is 51.6 Å². The average molecular weight is 338 g/mol. The zero-order valence-electron chi connectivity index (χ0n) is 11.1. The fraction of sp³-hybridized carbons (Fsp3) is 0.267. The Bertz CT molecular complexity index is 545. The molecule has 1 atom stereocenters. The Kier molecular flexibility index (Phi) is 5.52. The predicted molar refractivity (Wildman–Crippen MR) is 79.8 cm³/mol. The number of benzene rings is 1. The van der Waals surface area contributed by atoms with Gasteiger partial charge in [0.05, 0.1) is 12.3 Å². The van der Waals surface area contributed by atoms with E-state index in [1.54, 1.807) is 19.4 Å². The largest absolute Gasteiger partial charge is 0.491 e. The van der Waals surface area contributed by atoms with Crippen molar-refractivity contribution in [1.82, 2.24) is 4.98 Å². The van der Waals surface area contributed by atoms with Gasteiger partial charge in [0.2, 0.25) is 0 Å². The van der Waals surface area contributed by atoms with Crippen LogP contribution < -0.4 is 4.74 Å². The van der Waals surface area contributed by atoms with Gasteiger partial charge in [-0.2, -0.15) is 0 Å². The van der Waals surface area contributed by atoms with Gasteiger partial charge in [-0.05, 0) is 34.1 Å². The lowest BCUT2D eigenvalue weighted by molar-refractivity contribution is 0.142. The lowest BCUT2D eigenvalue weighted by Gasteiger charge is -2.15. The van der Waals surface area contributed by atoms with Gasteiger partial charge in [0.15, 0.2) is 0 Å². The highest BCUT2D eigenvalue weighted by molar-refractivity contribution is 9.10. The number of aliphatic hydroxyl groups is 1. The molecule has 0 fully saturated rings. The summed E-state index contributed by atoms with van der Waals surface area (Å²) in [6.45, 7) is 0.939. The molecule has 2 aromatic rings. The number of methoxy groups -OCH3 is 1. The normalized spacial score (nSPS) is 12.2. The second kappa shape index (κ2) is 7.38. The Hall–Kier alpha value is -1.43. The van der Waals surface area contributed by atoms with Gasteiger partial charge in [0, 0.05) is 23.3 Å². The third-order valence-electron chi connectivity index (χ3n) is 2.79. The maximum absolute atomic E-state index is 10.4. The average Bonchev–Trinajstić information content (AvgIpc) is 2.48. The fourth-order valence-corrected chi connectivity index (χ4v) is 2.02. The minimum absolute atomic E-state index is 0.438. The Balaban J connectivity index is 2.20. The van der Waals surface area contributed by atoms with Gasteiger partial charge in [-0.15, -0.1) is 0 Å². The summed E-state index contributed by atoms with van der Waals surface area (Å²) in [5.74, 6) is 0.641. The molecule has 0 amide bonds. The quantitative estimate of drug-likeness (QED) is 0.823. The van der Waals surface area contributed by atoms with Crippen LogP contribution in [0.2, 0.25) is 0 Å². The third-order valence-corrected chi connectivity index (χ3v) is 3.26. The van der Waals surface area contributed by atoms with Gasteiger partial charge in [0.25, 0.3) is 0 Å². The Morgan fingerprint density at radius 1 is 1.20 bits per heavy atom. The molecule has 4 nitrogen and oxygen atoms in total. The second-order valence-corrected chi connectivity index (χ2v) is 5.10. The zero-order valence-corrected chi connectivity index (χ0v) is 12.7. The SMILES string of the molecule is COCCOc1ccccc1C(O)c1ccc(Br)cn1. The van der Waals surface area contributed by atoms with E-state index in [0.717, 1.165) is 4.47 Å². The number of hydrogen-bond donors (Lipinski definition) is 1. The van der Waals surface area contributed by atoms with Crippen LogP contribution in [-0.4, -0.2) is 30.4 Å². The monoisotopic (exact) mass is 337 g/mol. The standard InChI is InChI=1S/C15H16BrNO3/c1-19-8-9-20-14-5-3-2-4-12(14)15(18)13-7-6-11(16)10-17-13/h2-7,10,15,18H,8-9H2,1H3. The molecular weight excluding hydrogens is 322 g/mol. The summed E-state index contributed by atoms with van der Waals surface area (Å²) in [5.41, 5.74) is 1.27. The molecule has 0 aliphatic carbocycles. The minimum atomic E-state index is -0.818. The fourth-order valence-electron chi connectivity index (χ4n) is 1.78. The van der Waals surface area contributed by atoms with Gasteiger partial charge >= 0.3 is 0 Å². The van der Waals surface area contributed by atoms with E-state index in [9.17, 15) is 5.11 Å². The molecule has 1 heterocycles. The first-order valence-corrected chi connectivity index (χ1v) is 7.02. The summed E-state index contributed by atoms with van der Waals surface area (Å²) >= 11 is 3.32. The molecule has 20 heavy (non-hydrogen) atoms. The highest BCUT2D eigenvalue weighted by Crippen LogP contribution is 2.29. The highest BCUT2D eigenvalue weighted by Gasteiger charge is 2.16. The Labute approximate surface area is 126 Å². The molecule has 0 spiro atoms. The molecule has 0 saturated carbocycles. The van der Waals surface area contributed by atoms with Crippen molar-refractivity contribution in [3.63, 3.8) is 0 Å². The van der Waals surface area contributed by atoms with Crippen LogP contribution in [0, 0.1) is 0 Å². The number of para-hydroxylation sites is 1. The second-order valence-electron chi connectivity index (χ2n) is 4.18. The van der Waals surface area contributed by atoms with E-state index in [0.29, 0.717) is 30.2 Å². The van der Waals surface area contributed by atoms with E-state index in [-0.39, 0.29) is 0 Å². The minimum Gasteiger partial charge on any atom is -0.491 e. The summed E-state index contributed by atoms with van der Waals surface area (Å²) in [6, 6.07) is 11.0. The molecule has 1 aromatic carbocycles. The molecule has 0 bridgehead atoms. The first-order valence-electron chi connectivity index (χ1n) is 6.22. The summed E-state index contributed by atoms with van der Waals surface area (Å²) in [5, 5.41) is 10.4. The zero-order chi connectivity index (χ0) is 14.4. The molecule has 0 aliphatic heterocycles. The molecular formula is C15H16BrNO3. The summed E-state index contributed by atoms with van der Waals surface area (Å²) in [4.78, 5) is 4.22. The van der Waals surface area contributed by atoms with Gasteiger partial charge in [-0.1, -0.05) is 18.2 Å². The molecule has 2 rings (SSSR count). The van der Waals surface area contributed by atoms with E-state index in [2.05, 4.69) is 20.9 Å². The van der Waals surface area contributed by atoms with Crippen molar-refractivity contribution in [2.45, 2.75) is 6.10 Å². The first kappa shape index (κ1) is 15.0. The third kappa shape index (κ3) is 3.79. The number of rotatable bonds is 6. The van der Waals surface area contributed by atoms with E-state index < -0.39 is 6.10 Å². The van der Waals surface area contributed by atoms with Gasteiger partial charge in [-0.3, -0.25) is 4.98 Å². The van der Waals surface area contributed by atoms with Crippen molar-refractivity contribution in [2.24, 2.45) is 0 Å². The van der Waals surface area contributed by atoms with Crippen LogP contribution in [0.1, 0.15) is 17.4 Å². The van der Waals surface area contributed by atoms with Crippen LogP contribution in [0.4, 0.5) is 0 Å². The lowest BCUT2D eigenvalue weighted by atomic mass is 10.1. The maximum Gasteiger partial charge on any atom is 0.125 e. The highest BCUT2D eigenvalue weighted by atomic mass is 79.9. The molecule has 1 N–H and O–H groups in total. The Morgan fingerprint density at radius 2 is 2.00 bits per heavy atom. The van der Waals surface area contributed by atoms with E-state index in [1.807, 2.05) is 30.3 Å². The molecule has 106 valence electrons. The van der Waals surface area contributed by atoms with Crippen LogP contribution >= 0.6 is 15.9 Å². The van der Waals surface area contributed by atoms with Crippen LogP contribution in [0.5, 0.6) is 5.75 Å². The van der Waals surface area contributed by atoms with Crippen LogP contribution in [0.15, 0.2) is 47.1 Å². The lowest BCUT2D eigenvalue weighted by Crippen LogP contribution is -2.09. The molecule has 0 saturated heterocycles. The van der Waals surface area contributed by atoms with Crippen molar-refractivity contribution in [3.05, 3.63) is 58.3 Å². The van der Waals surface area contributed by atoms with Gasteiger partial charge in [0.1, 0.15) is 18.5 Å². The predicted octanol–water partition coefficient (Wildman–Crippen LogP) is 2.95. The van der Waals surface area contributed by atoms with E-state index in [4.69, 9.17) is 9.47 Å². The molecule has 1 unspecified atom stereocenters. The molecule has 0 radical (unpaired) electrons. The number of ether oxygens (including phenoxy) is 2. The van der Waals surface area contributed by atoms with Crippen LogP contribution in [0.25, 0.3) is 0 Å². The molecule has 0 aliphatic rings. The van der Waals surface area contributed by atoms with E-state index in [1.165, 1.54) is 0 Å². The first-order chi connectivity index (χ1) is 9.72. The van der Waals surface area contributed by atoms with E-state index >= 15 is 0 Å². The maximum atomic E-state index is 10.4. The Morgan fingerprint density at radius 3 is 2.70 bits per heavy atom. The number of nitrogens with zero attached hydrogens (tertiary/aromatic N) is 1. The number of pyridine rings is 1. The van der Waals surface area contributed by atoms with Crippen LogP contribution in [0.3, 0.4) is 0 Å². The van der Waals surface area contributed by atoms with Crippen molar-refractivity contribution < 1.29 is 14.6 Å². The van der Waals surface area contributed by atoms with Crippen molar-refractivity contribution in [1.29, 1.82) is 0 Å². The number of aliphatic hydroxyl groups excluding tert-OH is 1. The molecule has 1 aromatic heterocycles. The summed E-state index contributed by atoms with van der Waals surface area (Å²) in [6.07, 6.45) is 0.842. The van der Waals surface area contributed by atoms with Crippen molar-refractivity contribution in [2.75, 3.05) is 20.3 Å². The van der Waals surface area contributed by atoms with Crippen LogP contribution in [-0.2, 0) is 4.74 Å². The smallest absolute Gasteiger partial charge is 0.125 e. The summed E-state index contributed by atoms with van der Waals surface area (Å²) < 4.78 is 11.5. The summed E-state index contributed by atoms with van der Waals surface area (Å²) in [7, 11) is 1.62. The number of aromatic nitrogens is 1. The van der Waals surface area contributed by atoms with Crippen molar-refractivity contribution >= 4 is 15.9 Å².